The summed E-state index contributed by atoms with van der Waals surface area (Å²) in [5, 5.41) is 0. The van der Waals surface area contributed by atoms with Crippen LogP contribution in [0, 0.1) is 5.82 Å². The highest BCUT2D eigenvalue weighted by atomic mass is 19.4. The molecule has 8 nitrogen and oxygen atoms in total. The van der Waals surface area contributed by atoms with E-state index in [1.54, 1.807) is 6.92 Å². The van der Waals surface area contributed by atoms with Gasteiger partial charge in [0, 0.05) is 19.2 Å². The van der Waals surface area contributed by atoms with Gasteiger partial charge in [0.15, 0.2) is 5.82 Å². The zero-order chi connectivity index (χ0) is 23.9. The van der Waals surface area contributed by atoms with Crippen LogP contribution in [-0.2, 0) is 4.74 Å². The molecule has 0 amide bonds. The van der Waals surface area contributed by atoms with Gasteiger partial charge in [0.25, 0.3) is 5.56 Å². The molecule has 4 heterocycles. The molecule has 4 rings (SSSR count). The summed E-state index contributed by atoms with van der Waals surface area (Å²) in [4.78, 5) is 23.4. The van der Waals surface area contributed by atoms with Gasteiger partial charge in [-0.25, -0.2) is 4.98 Å². The molecule has 2 aliphatic heterocycles. The molecule has 0 N–H and O–H groups in total. The number of pyridine rings is 1. The van der Waals surface area contributed by atoms with Crippen LogP contribution in [0.5, 0.6) is 5.88 Å². The number of rotatable bonds is 4. The van der Waals surface area contributed by atoms with Gasteiger partial charge in [-0.2, -0.15) is 31.3 Å². The van der Waals surface area contributed by atoms with E-state index in [1.165, 1.54) is 15.9 Å². The third kappa shape index (κ3) is 4.43. The number of hydrogen-bond donors (Lipinski definition) is 0. The summed E-state index contributed by atoms with van der Waals surface area (Å²) in [6.45, 7) is -0.972. The van der Waals surface area contributed by atoms with E-state index in [0.717, 1.165) is 12.3 Å². The molecule has 2 aromatic heterocycles. The van der Waals surface area contributed by atoms with Crippen LogP contribution in [-0.4, -0.2) is 59.7 Å². The molecule has 1 saturated heterocycles. The summed E-state index contributed by atoms with van der Waals surface area (Å²) in [6, 6.07) is -0.251. The second-order valence-electron chi connectivity index (χ2n) is 7.57. The molecule has 0 aromatic carbocycles. The lowest BCUT2D eigenvalue weighted by atomic mass is 10.1. The maximum absolute atomic E-state index is 15.0. The lowest BCUT2D eigenvalue weighted by Gasteiger charge is -2.39. The molecule has 14 heteroatoms. The summed E-state index contributed by atoms with van der Waals surface area (Å²) in [5.74, 6) is -2.58. The van der Waals surface area contributed by atoms with Crippen molar-refractivity contribution in [2.24, 2.45) is 0 Å². The van der Waals surface area contributed by atoms with Crippen LogP contribution in [0.3, 0.4) is 0 Å². The number of morpholine rings is 1. The van der Waals surface area contributed by atoms with Crippen LogP contribution < -0.4 is 20.1 Å². The first-order valence-electron chi connectivity index (χ1n) is 9.99. The highest BCUT2D eigenvalue weighted by Crippen LogP contribution is 2.41. The van der Waals surface area contributed by atoms with E-state index < -0.39 is 48.5 Å². The van der Waals surface area contributed by atoms with Crippen LogP contribution in [0.4, 0.5) is 43.8 Å². The van der Waals surface area contributed by atoms with Crippen molar-refractivity contribution < 1.29 is 35.8 Å². The molecule has 2 unspecified atom stereocenters. The normalized spacial score (nSPS) is 21.3. The predicted octanol–water partition coefficient (Wildman–Crippen LogP) is 3.25. The van der Waals surface area contributed by atoms with E-state index in [4.69, 9.17) is 4.74 Å². The molecule has 0 saturated carbocycles. The molecule has 180 valence electrons. The lowest BCUT2D eigenvalue weighted by molar-refractivity contribution is -0.170. The molecular formula is C19H19F6N5O3. The first kappa shape index (κ1) is 23.1. The Bertz CT molecular complexity index is 1060. The number of anilines is 3. The largest absolute Gasteiger partial charge is 0.417 e. The molecule has 2 aliphatic rings. The van der Waals surface area contributed by atoms with Crippen molar-refractivity contribution >= 4 is 17.5 Å². The SMILES string of the molecule is CC1COCCN1c1nc2n(c(=O)c1F)C(C(F)(F)F)CCN2c1ccc(OC(F)F)nc1. The molecule has 0 bridgehead atoms. The Morgan fingerprint density at radius 1 is 1.24 bits per heavy atom. The minimum absolute atomic E-state index is 0.172. The zero-order valence-electron chi connectivity index (χ0n) is 17.2. The summed E-state index contributed by atoms with van der Waals surface area (Å²) in [6.07, 6.45) is -4.28. The second kappa shape index (κ2) is 8.72. The fourth-order valence-electron chi connectivity index (χ4n) is 3.92. The first-order chi connectivity index (χ1) is 15.6. The molecular weight excluding hydrogens is 460 g/mol. The minimum atomic E-state index is -4.82. The maximum atomic E-state index is 15.0. The monoisotopic (exact) mass is 479 g/mol. The summed E-state index contributed by atoms with van der Waals surface area (Å²) in [7, 11) is 0. The Morgan fingerprint density at radius 3 is 2.61 bits per heavy atom. The van der Waals surface area contributed by atoms with E-state index in [9.17, 15) is 26.7 Å². The van der Waals surface area contributed by atoms with Crippen LogP contribution in [0.15, 0.2) is 23.1 Å². The average molecular weight is 479 g/mol. The number of fused-ring (bicyclic) bond motifs is 1. The van der Waals surface area contributed by atoms with Crippen molar-refractivity contribution in [3.8, 4) is 5.88 Å². The quantitative estimate of drug-likeness (QED) is 0.624. The van der Waals surface area contributed by atoms with Crippen LogP contribution in [0.2, 0.25) is 0 Å². The number of halogens is 6. The van der Waals surface area contributed by atoms with Crippen molar-refractivity contribution in [2.75, 3.05) is 36.1 Å². The summed E-state index contributed by atoms with van der Waals surface area (Å²) < 4.78 is 90.7. The van der Waals surface area contributed by atoms with Gasteiger partial charge in [-0.05, 0) is 19.4 Å². The van der Waals surface area contributed by atoms with Gasteiger partial charge in [0.2, 0.25) is 17.6 Å². The predicted molar refractivity (Wildman–Crippen MR) is 104 cm³/mol. The van der Waals surface area contributed by atoms with Gasteiger partial charge in [-0.1, -0.05) is 0 Å². The van der Waals surface area contributed by atoms with E-state index in [2.05, 4.69) is 14.7 Å². The Balaban J connectivity index is 1.83. The van der Waals surface area contributed by atoms with Crippen molar-refractivity contribution in [1.82, 2.24) is 14.5 Å². The third-order valence-corrected chi connectivity index (χ3v) is 5.46. The van der Waals surface area contributed by atoms with Crippen LogP contribution in [0.1, 0.15) is 19.4 Å². The van der Waals surface area contributed by atoms with Gasteiger partial charge >= 0.3 is 12.8 Å². The zero-order valence-corrected chi connectivity index (χ0v) is 17.2. The highest BCUT2D eigenvalue weighted by Gasteiger charge is 2.47. The van der Waals surface area contributed by atoms with E-state index >= 15 is 4.39 Å². The van der Waals surface area contributed by atoms with Crippen molar-refractivity contribution in [1.29, 1.82) is 0 Å². The Hall–Kier alpha value is -3.03. The topological polar surface area (TPSA) is 72.7 Å². The standard InChI is InChI=1S/C19H19F6N5O3/c1-10-9-32-7-6-28(10)15-14(20)16(31)30-12(19(23,24)25)4-5-29(18(30)27-15)11-2-3-13(26-8-11)33-17(21)22/h2-3,8,10,12,17H,4-7,9H2,1H3. The van der Waals surface area contributed by atoms with Crippen LogP contribution >= 0.6 is 0 Å². The number of nitrogens with zero attached hydrogens (tertiary/aromatic N) is 5. The molecule has 0 aliphatic carbocycles. The second-order valence-corrected chi connectivity index (χ2v) is 7.57. The smallest absolute Gasteiger partial charge is 0.409 e. The maximum Gasteiger partial charge on any atom is 0.409 e. The first-order valence-corrected chi connectivity index (χ1v) is 9.99. The molecule has 2 atom stereocenters. The van der Waals surface area contributed by atoms with Crippen molar-refractivity contribution in [3.63, 3.8) is 0 Å². The molecule has 2 aromatic rings. The molecule has 0 spiro atoms. The third-order valence-electron chi connectivity index (χ3n) is 5.46. The minimum Gasteiger partial charge on any atom is -0.417 e. The Labute approximate surface area is 183 Å². The lowest BCUT2D eigenvalue weighted by Crippen LogP contribution is -2.49. The average Bonchev–Trinajstić information content (AvgIpc) is 2.75. The van der Waals surface area contributed by atoms with Crippen molar-refractivity contribution in [3.05, 3.63) is 34.5 Å². The van der Waals surface area contributed by atoms with Gasteiger partial charge in [0.05, 0.1) is 31.1 Å². The Kier molecular flexibility index (Phi) is 6.12. The molecule has 33 heavy (non-hydrogen) atoms. The van der Waals surface area contributed by atoms with Gasteiger partial charge in [0.1, 0.15) is 6.04 Å². The molecule has 1 fully saturated rings. The van der Waals surface area contributed by atoms with E-state index in [-0.39, 0.29) is 48.4 Å². The van der Waals surface area contributed by atoms with E-state index in [1.807, 2.05) is 0 Å². The van der Waals surface area contributed by atoms with Crippen molar-refractivity contribution in [2.45, 2.75) is 38.2 Å². The summed E-state index contributed by atoms with van der Waals surface area (Å²) in [5.41, 5.74) is -1.28. The molecule has 0 radical (unpaired) electrons. The number of alkyl halides is 5. The van der Waals surface area contributed by atoms with Gasteiger partial charge in [-0.15, -0.1) is 0 Å². The number of ether oxygens (including phenoxy) is 2. The number of aromatic nitrogens is 3. The van der Waals surface area contributed by atoms with Crippen LogP contribution in [0.25, 0.3) is 0 Å². The highest BCUT2D eigenvalue weighted by molar-refractivity contribution is 5.60. The fraction of sp³-hybridized carbons (Fsp3) is 0.526. The Morgan fingerprint density at radius 2 is 2.00 bits per heavy atom. The van der Waals surface area contributed by atoms with Gasteiger partial charge < -0.3 is 19.3 Å². The van der Waals surface area contributed by atoms with E-state index in [0.29, 0.717) is 0 Å². The summed E-state index contributed by atoms with van der Waals surface area (Å²) >= 11 is 0. The number of hydrogen-bond acceptors (Lipinski definition) is 7. The fourth-order valence-corrected chi connectivity index (χ4v) is 3.92. The van der Waals surface area contributed by atoms with Gasteiger partial charge in [-0.3, -0.25) is 9.36 Å².